The van der Waals surface area contributed by atoms with Gasteiger partial charge in [-0.25, -0.2) is 0 Å². The average molecular weight is 495 g/mol. The van der Waals surface area contributed by atoms with Crippen molar-refractivity contribution in [1.29, 1.82) is 0 Å². The van der Waals surface area contributed by atoms with Gasteiger partial charge in [0.25, 0.3) is 5.89 Å². The molecule has 1 fully saturated rings. The lowest BCUT2D eigenvalue weighted by Crippen LogP contribution is -2.40. The number of piperidine rings is 1. The molecule has 35 heavy (non-hydrogen) atoms. The van der Waals surface area contributed by atoms with E-state index < -0.39 is 12.1 Å². The van der Waals surface area contributed by atoms with E-state index in [1.165, 1.54) is 0 Å². The van der Waals surface area contributed by atoms with Gasteiger partial charge in [0.1, 0.15) is 0 Å². The minimum Gasteiger partial charge on any atom is -0.481 e. The first kappa shape index (κ1) is 23.2. The summed E-state index contributed by atoms with van der Waals surface area (Å²) in [5.41, 5.74) is 2.70. The lowest BCUT2D eigenvalue weighted by molar-refractivity contribution is -0.143. The Kier molecular flexibility index (Phi) is 6.63. The molecule has 3 heterocycles. The summed E-state index contributed by atoms with van der Waals surface area (Å²) in [6.07, 6.45) is 0.772. The van der Waals surface area contributed by atoms with E-state index in [0.717, 1.165) is 29.7 Å². The van der Waals surface area contributed by atoms with Crippen LogP contribution in [0.15, 0.2) is 63.6 Å². The molecule has 1 saturated heterocycles. The summed E-state index contributed by atoms with van der Waals surface area (Å²) in [5.74, 6) is 0.0132. The van der Waals surface area contributed by atoms with Gasteiger partial charge in [-0.2, -0.15) is 4.98 Å². The van der Waals surface area contributed by atoms with Gasteiger partial charge in [0.05, 0.1) is 12.0 Å². The van der Waals surface area contributed by atoms with Crippen molar-refractivity contribution in [1.82, 2.24) is 20.2 Å². The molecule has 0 amide bonds. The highest BCUT2D eigenvalue weighted by Gasteiger charge is 2.26. The number of halogens is 1. The Morgan fingerprint density at radius 3 is 2.57 bits per heavy atom. The van der Waals surface area contributed by atoms with E-state index in [0.29, 0.717) is 41.8 Å². The largest absolute Gasteiger partial charge is 0.481 e. The molecule has 0 saturated carbocycles. The lowest BCUT2D eigenvalue weighted by atomic mass is 9.97. The number of likely N-dealkylation sites (tertiary alicyclic amines) is 1. The minimum absolute atomic E-state index is 0.228. The Morgan fingerprint density at radius 2 is 1.83 bits per heavy atom. The Morgan fingerprint density at radius 1 is 1.09 bits per heavy atom. The van der Waals surface area contributed by atoms with E-state index in [-0.39, 0.29) is 11.8 Å². The van der Waals surface area contributed by atoms with Crippen molar-refractivity contribution in [3.63, 3.8) is 0 Å². The predicted molar refractivity (Wildman–Crippen MR) is 127 cm³/mol. The average Bonchev–Trinajstić information content (AvgIpc) is 3.55. The number of hydrogen-bond donors (Lipinski definition) is 2. The van der Waals surface area contributed by atoms with Crippen LogP contribution in [-0.4, -0.2) is 56.0 Å². The fourth-order valence-electron chi connectivity index (χ4n) is 4.20. The summed E-state index contributed by atoms with van der Waals surface area (Å²) in [6.45, 7) is 1.63. The molecule has 5 rings (SSSR count). The van der Waals surface area contributed by atoms with Gasteiger partial charge in [-0.3, -0.25) is 9.69 Å². The molecule has 10 heteroatoms. The van der Waals surface area contributed by atoms with Crippen LogP contribution >= 0.6 is 11.6 Å². The van der Waals surface area contributed by atoms with Gasteiger partial charge in [-0.15, -0.1) is 0 Å². The van der Waals surface area contributed by atoms with Crippen LogP contribution in [0.4, 0.5) is 0 Å². The van der Waals surface area contributed by atoms with Crippen LogP contribution < -0.4 is 0 Å². The summed E-state index contributed by atoms with van der Waals surface area (Å²) in [6, 6.07) is 16.2. The molecule has 0 radical (unpaired) electrons. The number of carboxylic acid groups (broad SMARTS) is 1. The molecule has 1 aliphatic heterocycles. The van der Waals surface area contributed by atoms with Crippen LogP contribution in [0.1, 0.15) is 24.5 Å². The van der Waals surface area contributed by atoms with E-state index in [1.54, 1.807) is 18.2 Å². The molecule has 180 valence electrons. The Balaban J connectivity index is 1.25. The van der Waals surface area contributed by atoms with Crippen molar-refractivity contribution in [2.24, 2.45) is 5.92 Å². The fraction of sp³-hybridized carbons (Fsp3) is 0.280. The van der Waals surface area contributed by atoms with Crippen LogP contribution in [0.2, 0.25) is 5.02 Å². The molecule has 0 spiro atoms. The van der Waals surface area contributed by atoms with Gasteiger partial charge in [-0.1, -0.05) is 46.2 Å². The number of hydrogen-bond acceptors (Lipinski definition) is 8. The van der Waals surface area contributed by atoms with Crippen LogP contribution in [0.25, 0.3) is 34.3 Å². The zero-order valence-corrected chi connectivity index (χ0v) is 19.4. The number of nitrogens with zero attached hydrogens (tertiary/aromatic N) is 4. The maximum absolute atomic E-state index is 11.3. The van der Waals surface area contributed by atoms with Crippen LogP contribution in [0, 0.1) is 5.92 Å². The summed E-state index contributed by atoms with van der Waals surface area (Å²) < 4.78 is 10.8. The van der Waals surface area contributed by atoms with Crippen molar-refractivity contribution in [3.05, 3.63) is 65.2 Å². The molecule has 9 nitrogen and oxygen atoms in total. The summed E-state index contributed by atoms with van der Waals surface area (Å²) in [5, 5.41) is 28.6. The molecule has 2 aromatic heterocycles. The zero-order valence-electron chi connectivity index (χ0n) is 18.7. The quantitative estimate of drug-likeness (QED) is 0.380. The van der Waals surface area contributed by atoms with Crippen molar-refractivity contribution >= 4 is 17.6 Å². The maximum Gasteiger partial charge on any atom is 0.307 e. The van der Waals surface area contributed by atoms with Gasteiger partial charge in [0.2, 0.25) is 5.82 Å². The number of carboxylic acids is 1. The second-order valence-corrected chi connectivity index (χ2v) is 9.02. The third kappa shape index (κ3) is 5.27. The van der Waals surface area contributed by atoms with Crippen LogP contribution in [0.5, 0.6) is 0 Å². The number of rotatable bonds is 7. The highest BCUT2D eigenvalue weighted by atomic mass is 35.5. The third-order valence-electron chi connectivity index (χ3n) is 6.12. The standard InChI is InChI=1S/C25H23ClN4O5/c26-19-9-7-16(8-10-19)22-12-20(28-34-22)24-27-23(29-35-24)17-5-3-15(4-6-17)21(31)14-30-11-1-2-18(13-30)25(32)33/h3-10,12,18,21,31H,1-2,11,13-14H2,(H,32,33)/t18-,21?/m0/s1. The monoisotopic (exact) mass is 494 g/mol. The first-order valence-corrected chi connectivity index (χ1v) is 11.6. The van der Waals surface area contributed by atoms with Crippen molar-refractivity contribution < 1.29 is 24.1 Å². The van der Waals surface area contributed by atoms with Gasteiger partial charge in [0.15, 0.2) is 11.5 Å². The third-order valence-corrected chi connectivity index (χ3v) is 6.38. The maximum atomic E-state index is 11.3. The number of aliphatic carboxylic acids is 1. The number of carbonyl (C=O) groups is 1. The fourth-order valence-corrected chi connectivity index (χ4v) is 4.32. The molecule has 2 aromatic carbocycles. The Hall–Kier alpha value is -3.53. The molecule has 4 aromatic rings. The zero-order chi connectivity index (χ0) is 24.4. The topological polar surface area (TPSA) is 126 Å². The molecule has 1 unspecified atom stereocenters. The smallest absolute Gasteiger partial charge is 0.307 e. The second kappa shape index (κ2) is 9.99. The summed E-state index contributed by atoms with van der Waals surface area (Å²) in [4.78, 5) is 17.7. The van der Waals surface area contributed by atoms with Crippen molar-refractivity contribution in [2.75, 3.05) is 19.6 Å². The van der Waals surface area contributed by atoms with E-state index in [2.05, 4.69) is 15.3 Å². The number of β-amino-alcohol motifs (C(OH)–C–C–N with tert-alkyl or cyclic N) is 1. The van der Waals surface area contributed by atoms with E-state index >= 15 is 0 Å². The van der Waals surface area contributed by atoms with Gasteiger partial charge < -0.3 is 19.3 Å². The van der Waals surface area contributed by atoms with E-state index in [1.807, 2.05) is 41.3 Å². The molecular formula is C25H23ClN4O5. The van der Waals surface area contributed by atoms with Crippen LogP contribution in [-0.2, 0) is 4.79 Å². The highest BCUT2D eigenvalue weighted by molar-refractivity contribution is 6.30. The molecular weight excluding hydrogens is 472 g/mol. The first-order chi connectivity index (χ1) is 17.0. The first-order valence-electron chi connectivity index (χ1n) is 11.3. The number of benzene rings is 2. The minimum atomic E-state index is -0.778. The Bertz CT molecular complexity index is 1300. The molecule has 1 aliphatic rings. The summed E-state index contributed by atoms with van der Waals surface area (Å²) >= 11 is 5.93. The van der Waals surface area contributed by atoms with Crippen LogP contribution in [0.3, 0.4) is 0 Å². The van der Waals surface area contributed by atoms with Crippen molar-refractivity contribution in [2.45, 2.75) is 18.9 Å². The van der Waals surface area contributed by atoms with Gasteiger partial charge in [0, 0.05) is 35.3 Å². The van der Waals surface area contributed by atoms with Gasteiger partial charge in [-0.05, 0) is 49.2 Å². The normalized spacial score (nSPS) is 17.4. The van der Waals surface area contributed by atoms with Crippen molar-refractivity contribution in [3.8, 4) is 34.3 Å². The highest BCUT2D eigenvalue weighted by Crippen LogP contribution is 2.28. The van der Waals surface area contributed by atoms with E-state index in [9.17, 15) is 15.0 Å². The number of aliphatic hydroxyl groups is 1. The SMILES string of the molecule is O=C(O)[C@H]1CCCN(CC(O)c2ccc(-c3noc(-c4cc(-c5ccc(Cl)cc5)on4)n3)cc2)C1. The molecule has 2 N–H and O–H groups in total. The molecule has 2 atom stereocenters. The Labute approximate surface area is 205 Å². The number of aliphatic hydroxyl groups excluding tert-OH is 1. The number of aromatic nitrogens is 3. The molecule has 0 aliphatic carbocycles. The van der Waals surface area contributed by atoms with E-state index in [4.69, 9.17) is 20.6 Å². The lowest BCUT2D eigenvalue weighted by Gasteiger charge is -2.32. The van der Waals surface area contributed by atoms with Gasteiger partial charge >= 0.3 is 5.97 Å². The summed E-state index contributed by atoms with van der Waals surface area (Å²) in [7, 11) is 0. The predicted octanol–water partition coefficient (Wildman–Crippen LogP) is 4.54. The molecule has 0 bridgehead atoms. The second-order valence-electron chi connectivity index (χ2n) is 8.58.